The molecule has 1 N–H and O–H groups in total. The topological polar surface area (TPSA) is 58.4 Å². The van der Waals surface area contributed by atoms with E-state index in [1.54, 1.807) is 6.20 Å². The van der Waals surface area contributed by atoms with Gasteiger partial charge >= 0.3 is 0 Å². The minimum atomic E-state index is -0.0505. The van der Waals surface area contributed by atoms with Gasteiger partial charge in [-0.15, -0.1) is 0 Å². The van der Waals surface area contributed by atoms with Crippen LogP contribution < -0.4 is 5.32 Å². The largest absolute Gasteiger partial charge is 0.447 e. The monoisotopic (exact) mass is 223 g/mol. The van der Waals surface area contributed by atoms with Crippen LogP contribution in [0.4, 0.5) is 0 Å². The Kier molecular flexibility index (Phi) is 3.56. The van der Waals surface area contributed by atoms with E-state index >= 15 is 0 Å². The van der Waals surface area contributed by atoms with E-state index in [0.717, 1.165) is 31.6 Å². The molecule has 0 aliphatic carbocycles. The van der Waals surface area contributed by atoms with Crippen molar-refractivity contribution >= 4 is 5.91 Å². The highest BCUT2D eigenvalue weighted by atomic mass is 16.3. The smallest absolute Gasteiger partial charge is 0.240 e. The number of nitrogens with zero attached hydrogens (tertiary/aromatic N) is 2. The van der Waals surface area contributed by atoms with Crippen LogP contribution >= 0.6 is 0 Å². The molecule has 1 aromatic heterocycles. The number of rotatable bonds is 3. The number of likely N-dealkylation sites (N-methyl/N-ethyl adjacent to an activating group) is 1. The van der Waals surface area contributed by atoms with Crippen LogP contribution in [0.25, 0.3) is 0 Å². The number of likely N-dealkylation sites (tertiary alicyclic amines) is 1. The van der Waals surface area contributed by atoms with Crippen LogP contribution in [0, 0.1) is 0 Å². The Labute approximate surface area is 94.8 Å². The average molecular weight is 223 g/mol. The highest BCUT2D eigenvalue weighted by molar-refractivity contribution is 5.82. The number of hydrogen-bond donors (Lipinski definition) is 1. The van der Waals surface area contributed by atoms with E-state index in [1.165, 1.54) is 6.39 Å². The molecule has 1 aliphatic rings. The maximum absolute atomic E-state index is 12.1. The van der Waals surface area contributed by atoms with Crippen molar-refractivity contribution in [1.29, 1.82) is 0 Å². The zero-order valence-electron chi connectivity index (χ0n) is 9.48. The first-order chi connectivity index (χ1) is 7.81. The van der Waals surface area contributed by atoms with Crippen molar-refractivity contribution in [2.75, 3.05) is 13.6 Å². The number of amides is 1. The molecule has 0 bridgehead atoms. The van der Waals surface area contributed by atoms with Gasteiger partial charge < -0.3 is 14.6 Å². The molecule has 1 fully saturated rings. The zero-order valence-corrected chi connectivity index (χ0v) is 9.48. The Hall–Kier alpha value is -1.36. The first-order valence-electron chi connectivity index (χ1n) is 5.64. The van der Waals surface area contributed by atoms with Gasteiger partial charge in [0.05, 0.1) is 18.8 Å². The van der Waals surface area contributed by atoms with Gasteiger partial charge in [-0.1, -0.05) is 0 Å². The van der Waals surface area contributed by atoms with E-state index in [4.69, 9.17) is 4.42 Å². The molecule has 88 valence electrons. The average Bonchev–Trinajstić information content (AvgIpc) is 2.73. The predicted octanol–water partition coefficient (Wildman–Crippen LogP) is 0.775. The molecule has 5 nitrogen and oxygen atoms in total. The summed E-state index contributed by atoms with van der Waals surface area (Å²) in [6.45, 7) is 1.33. The van der Waals surface area contributed by atoms with E-state index in [9.17, 15) is 4.79 Å². The summed E-state index contributed by atoms with van der Waals surface area (Å²) >= 11 is 0. The molecule has 2 rings (SSSR count). The highest BCUT2D eigenvalue weighted by Crippen LogP contribution is 2.14. The summed E-state index contributed by atoms with van der Waals surface area (Å²) in [6.07, 6.45) is 6.12. The van der Waals surface area contributed by atoms with Crippen LogP contribution in [-0.2, 0) is 11.3 Å². The lowest BCUT2D eigenvalue weighted by atomic mass is 10.1. The maximum Gasteiger partial charge on any atom is 0.240 e. The van der Waals surface area contributed by atoms with Gasteiger partial charge in [0.1, 0.15) is 5.76 Å². The van der Waals surface area contributed by atoms with Gasteiger partial charge in [0.25, 0.3) is 0 Å². The quantitative estimate of drug-likeness (QED) is 0.822. The fourth-order valence-electron chi connectivity index (χ4n) is 2.04. The van der Waals surface area contributed by atoms with Crippen molar-refractivity contribution in [3.05, 3.63) is 18.4 Å². The number of carbonyl (C=O) groups is 1. The normalized spacial score (nSPS) is 22.2. The Morgan fingerprint density at radius 2 is 2.50 bits per heavy atom. The Morgan fingerprint density at radius 3 is 3.19 bits per heavy atom. The van der Waals surface area contributed by atoms with Gasteiger partial charge in [-0.05, 0) is 26.3 Å². The van der Waals surface area contributed by atoms with Gasteiger partial charge in [-0.3, -0.25) is 4.79 Å². The van der Waals surface area contributed by atoms with E-state index < -0.39 is 0 Å². The maximum atomic E-state index is 12.1. The molecule has 1 unspecified atom stereocenters. The molecule has 0 saturated carbocycles. The molecule has 1 amide bonds. The van der Waals surface area contributed by atoms with E-state index in [-0.39, 0.29) is 11.9 Å². The van der Waals surface area contributed by atoms with E-state index in [0.29, 0.717) is 6.54 Å². The highest BCUT2D eigenvalue weighted by Gasteiger charge is 2.25. The number of carbonyl (C=O) groups excluding carboxylic acids is 1. The molecular weight excluding hydrogens is 206 g/mol. The summed E-state index contributed by atoms with van der Waals surface area (Å²) in [5, 5.41) is 3.07. The molecule has 0 spiro atoms. The van der Waals surface area contributed by atoms with Crippen molar-refractivity contribution < 1.29 is 9.21 Å². The van der Waals surface area contributed by atoms with Gasteiger partial charge in [0.15, 0.2) is 6.39 Å². The molecule has 1 aliphatic heterocycles. The second-order valence-corrected chi connectivity index (χ2v) is 4.06. The molecule has 1 atom stereocenters. The summed E-state index contributed by atoms with van der Waals surface area (Å²) in [4.78, 5) is 17.8. The van der Waals surface area contributed by atoms with Crippen molar-refractivity contribution in [2.24, 2.45) is 0 Å². The summed E-state index contributed by atoms with van der Waals surface area (Å²) in [6, 6.07) is -0.0505. The summed E-state index contributed by atoms with van der Waals surface area (Å²) in [7, 11) is 1.83. The van der Waals surface area contributed by atoms with Crippen molar-refractivity contribution in [3.8, 4) is 0 Å². The third kappa shape index (κ3) is 2.41. The molecule has 0 radical (unpaired) electrons. The van der Waals surface area contributed by atoms with Crippen LogP contribution in [0.1, 0.15) is 25.0 Å². The SMILES string of the molecule is CNC1CCCCN(Cc2cnco2)C1=O. The van der Waals surface area contributed by atoms with Crippen molar-refractivity contribution in [1.82, 2.24) is 15.2 Å². The minimum Gasteiger partial charge on any atom is -0.447 e. The third-order valence-corrected chi connectivity index (χ3v) is 2.96. The molecule has 16 heavy (non-hydrogen) atoms. The van der Waals surface area contributed by atoms with Gasteiger partial charge in [0.2, 0.25) is 5.91 Å². The number of oxazole rings is 1. The predicted molar refractivity (Wildman–Crippen MR) is 58.6 cm³/mol. The second-order valence-electron chi connectivity index (χ2n) is 4.06. The Balaban J connectivity index is 2.04. The van der Waals surface area contributed by atoms with Crippen LogP contribution in [0.3, 0.4) is 0 Å². The fraction of sp³-hybridized carbons (Fsp3) is 0.636. The van der Waals surface area contributed by atoms with Crippen molar-refractivity contribution in [3.63, 3.8) is 0 Å². The molecule has 1 aromatic rings. The second kappa shape index (κ2) is 5.12. The van der Waals surface area contributed by atoms with Gasteiger partial charge in [0, 0.05) is 6.54 Å². The third-order valence-electron chi connectivity index (χ3n) is 2.96. The number of nitrogens with one attached hydrogen (secondary N) is 1. The lowest BCUT2D eigenvalue weighted by molar-refractivity contribution is -0.133. The first kappa shape index (κ1) is 11.1. The molecule has 5 heteroatoms. The zero-order chi connectivity index (χ0) is 11.4. The summed E-state index contributed by atoms with van der Waals surface area (Å²) in [5.74, 6) is 0.904. The fourth-order valence-corrected chi connectivity index (χ4v) is 2.04. The molecular formula is C11H17N3O2. The molecule has 1 saturated heterocycles. The lowest BCUT2D eigenvalue weighted by Gasteiger charge is -2.22. The molecule has 0 aromatic carbocycles. The molecule has 2 heterocycles. The van der Waals surface area contributed by atoms with Gasteiger partial charge in [-0.25, -0.2) is 4.98 Å². The standard InChI is InChI=1S/C11H17N3O2/c1-12-10-4-2-3-5-14(11(10)15)7-9-6-13-8-16-9/h6,8,10,12H,2-5,7H2,1H3. The summed E-state index contributed by atoms with van der Waals surface area (Å²) in [5.41, 5.74) is 0. The van der Waals surface area contributed by atoms with E-state index in [2.05, 4.69) is 10.3 Å². The van der Waals surface area contributed by atoms with E-state index in [1.807, 2.05) is 11.9 Å². The van der Waals surface area contributed by atoms with Crippen LogP contribution in [0.5, 0.6) is 0 Å². The number of aromatic nitrogens is 1. The Morgan fingerprint density at radius 1 is 1.62 bits per heavy atom. The lowest BCUT2D eigenvalue weighted by Crippen LogP contribution is -2.43. The van der Waals surface area contributed by atoms with Crippen molar-refractivity contribution in [2.45, 2.75) is 31.8 Å². The van der Waals surface area contributed by atoms with Crippen LogP contribution in [-0.4, -0.2) is 35.4 Å². The first-order valence-corrected chi connectivity index (χ1v) is 5.64. The van der Waals surface area contributed by atoms with Gasteiger partial charge in [-0.2, -0.15) is 0 Å². The summed E-state index contributed by atoms with van der Waals surface area (Å²) < 4.78 is 5.17. The Bertz CT molecular complexity index is 337. The number of hydrogen-bond acceptors (Lipinski definition) is 4. The minimum absolute atomic E-state index is 0.0505. The van der Waals surface area contributed by atoms with Crippen LogP contribution in [0.2, 0.25) is 0 Å². The van der Waals surface area contributed by atoms with Crippen LogP contribution in [0.15, 0.2) is 17.0 Å².